The van der Waals surface area contributed by atoms with Gasteiger partial charge in [-0.2, -0.15) is 5.10 Å². The summed E-state index contributed by atoms with van der Waals surface area (Å²) in [6.07, 6.45) is 0. The molecule has 1 amide bonds. The molecule has 0 atom stereocenters. The average molecular weight is 441 g/mol. The number of benzene rings is 2. The number of amides is 1. The van der Waals surface area contributed by atoms with E-state index < -0.39 is 0 Å². The van der Waals surface area contributed by atoms with Gasteiger partial charge in [-0.3, -0.25) is 9.89 Å². The number of carbonyl (C=O) groups excluding carboxylic acids is 1. The summed E-state index contributed by atoms with van der Waals surface area (Å²) in [7, 11) is 0. The monoisotopic (exact) mass is 441 g/mol. The Hall–Kier alpha value is -1.61. The number of aromatic amines is 1. The van der Waals surface area contributed by atoms with E-state index in [0.717, 1.165) is 19.5 Å². The number of nitrogens with one attached hydrogen (secondary N) is 2. The van der Waals surface area contributed by atoms with Crippen LogP contribution in [0.1, 0.15) is 17.3 Å². The average Bonchev–Trinajstić information content (AvgIpc) is 2.88. The van der Waals surface area contributed by atoms with Crippen LogP contribution in [0.2, 0.25) is 0 Å². The van der Waals surface area contributed by atoms with Crippen LogP contribution < -0.4 is 5.32 Å². The standard InChI is InChI=1S/C16H13FIN3OS/c1-2-19-16(22)12-5-3-9(17)7-14(12)23-10-4-6-11-13(8-10)20-21-15(11)18/h3-8H,2H2,1H3,(H,19,22)(H,20,21). The van der Waals surface area contributed by atoms with E-state index in [1.165, 1.54) is 30.0 Å². The smallest absolute Gasteiger partial charge is 0.252 e. The Labute approximate surface area is 150 Å². The molecule has 0 aliphatic carbocycles. The summed E-state index contributed by atoms with van der Waals surface area (Å²) in [5.41, 5.74) is 1.31. The topological polar surface area (TPSA) is 57.8 Å². The molecule has 4 nitrogen and oxygen atoms in total. The molecule has 118 valence electrons. The molecule has 3 rings (SSSR count). The molecule has 0 fully saturated rings. The lowest BCUT2D eigenvalue weighted by Crippen LogP contribution is -2.23. The highest BCUT2D eigenvalue weighted by Crippen LogP contribution is 2.33. The van der Waals surface area contributed by atoms with Crippen molar-refractivity contribution in [1.82, 2.24) is 15.5 Å². The Morgan fingerprint density at radius 2 is 2.17 bits per heavy atom. The Balaban J connectivity index is 1.96. The van der Waals surface area contributed by atoms with E-state index in [-0.39, 0.29) is 11.7 Å². The molecule has 0 aliphatic heterocycles. The zero-order valence-electron chi connectivity index (χ0n) is 12.2. The van der Waals surface area contributed by atoms with Gasteiger partial charge in [-0.25, -0.2) is 4.39 Å². The van der Waals surface area contributed by atoms with E-state index in [0.29, 0.717) is 17.0 Å². The van der Waals surface area contributed by atoms with E-state index in [1.54, 1.807) is 0 Å². The molecule has 2 N–H and O–H groups in total. The van der Waals surface area contributed by atoms with Gasteiger partial charge in [0.1, 0.15) is 9.52 Å². The Morgan fingerprint density at radius 3 is 2.96 bits per heavy atom. The molecule has 3 aromatic rings. The fourth-order valence-corrected chi connectivity index (χ4v) is 3.75. The molecule has 1 aromatic heterocycles. The van der Waals surface area contributed by atoms with Gasteiger partial charge in [0.15, 0.2) is 0 Å². The number of fused-ring (bicyclic) bond motifs is 1. The molecule has 0 radical (unpaired) electrons. The third-order valence-electron chi connectivity index (χ3n) is 3.23. The van der Waals surface area contributed by atoms with Crippen molar-refractivity contribution in [2.45, 2.75) is 16.7 Å². The zero-order chi connectivity index (χ0) is 16.4. The predicted molar refractivity (Wildman–Crippen MR) is 97.3 cm³/mol. The highest BCUT2D eigenvalue weighted by Gasteiger charge is 2.13. The summed E-state index contributed by atoms with van der Waals surface area (Å²) in [4.78, 5) is 13.6. The Morgan fingerprint density at radius 1 is 1.35 bits per heavy atom. The summed E-state index contributed by atoms with van der Waals surface area (Å²) in [5.74, 6) is -0.568. The van der Waals surface area contributed by atoms with E-state index in [9.17, 15) is 9.18 Å². The lowest BCUT2D eigenvalue weighted by atomic mass is 10.2. The number of carbonyl (C=O) groups is 1. The van der Waals surface area contributed by atoms with Crippen molar-refractivity contribution >= 4 is 51.2 Å². The fourth-order valence-electron chi connectivity index (χ4n) is 2.17. The summed E-state index contributed by atoms with van der Waals surface area (Å²) in [6, 6.07) is 10.0. The second kappa shape index (κ2) is 6.88. The van der Waals surface area contributed by atoms with Crippen molar-refractivity contribution in [2.24, 2.45) is 0 Å². The van der Waals surface area contributed by atoms with E-state index in [1.807, 2.05) is 25.1 Å². The van der Waals surface area contributed by atoms with E-state index >= 15 is 0 Å². The third kappa shape index (κ3) is 3.50. The molecule has 0 saturated heterocycles. The van der Waals surface area contributed by atoms with Crippen LogP contribution in [0.15, 0.2) is 46.2 Å². The van der Waals surface area contributed by atoms with Crippen molar-refractivity contribution < 1.29 is 9.18 Å². The highest BCUT2D eigenvalue weighted by atomic mass is 127. The number of rotatable bonds is 4. The molecule has 0 spiro atoms. The lowest BCUT2D eigenvalue weighted by Gasteiger charge is -2.09. The first-order valence-corrected chi connectivity index (χ1v) is 8.87. The minimum Gasteiger partial charge on any atom is -0.352 e. The molecule has 0 unspecified atom stereocenters. The lowest BCUT2D eigenvalue weighted by molar-refractivity contribution is 0.0953. The second-order valence-corrected chi connectivity index (χ2v) is 7.01. The summed E-state index contributed by atoms with van der Waals surface area (Å²) in [6.45, 7) is 2.37. The van der Waals surface area contributed by atoms with Gasteiger partial charge in [0, 0.05) is 21.7 Å². The van der Waals surface area contributed by atoms with Gasteiger partial charge < -0.3 is 5.32 Å². The van der Waals surface area contributed by atoms with Crippen molar-refractivity contribution in [3.63, 3.8) is 0 Å². The number of hydrogen-bond acceptors (Lipinski definition) is 3. The largest absolute Gasteiger partial charge is 0.352 e. The number of hydrogen-bond donors (Lipinski definition) is 2. The predicted octanol–water partition coefficient (Wildman–Crippen LogP) is 4.21. The molecule has 2 aromatic carbocycles. The van der Waals surface area contributed by atoms with Crippen LogP contribution >= 0.6 is 34.4 Å². The molecule has 0 aliphatic rings. The third-order valence-corrected chi connectivity index (χ3v) is 5.10. The van der Waals surface area contributed by atoms with Crippen LogP contribution in [0.25, 0.3) is 10.9 Å². The molecule has 7 heteroatoms. The van der Waals surface area contributed by atoms with Crippen molar-refractivity contribution in [1.29, 1.82) is 0 Å². The molecular formula is C16H13FIN3OS. The Kier molecular flexibility index (Phi) is 4.86. The molecular weight excluding hydrogens is 428 g/mol. The molecule has 0 bridgehead atoms. The number of aromatic nitrogens is 2. The first-order valence-electron chi connectivity index (χ1n) is 6.97. The van der Waals surface area contributed by atoms with Crippen LogP contribution in [0.4, 0.5) is 4.39 Å². The minimum atomic E-state index is -0.365. The summed E-state index contributed by atoms with van der Waals surface area (Å²) in [5, 5.41) is 10.9. The maximum absolute atomic E-state index is 13.6. The molecule has 23 heavy (non-hydrogen) atoms. The zero-order valence-corrected chi connectivity index (χ0v) is 15.2. The number of H-pyrrole nitrogens is 1. The normalized spacial score (nSPS) is 10.9. The minimum absolute atomic E-state index is 0.203. The molecule has 0 saturated carbocycles. The summed E-state index contributed by atoms with van der Waals surface area (Å²) < 4.78 is 14.6. The van der Waals surface area contributed by atoms with Crippen LogP contribution in [0.5, 0.6) is 0 Å². The van der Waals surface area contributed by atoms with Gasteiger partial charge in [0.2, 0.25) is 0 Å². The molecule has 1 heterocycles. The van der Waals surface area contributed by atoms with Gasteiger partial charge in [-0.05, 0) is 65.9 Å². The fraction of sp³-hybridized carbons (Fsp3) is 0.125. The first-order chi connectivity index (χ1) is 11.1. The quantitative estimate of drug-likeness (QED) is 0.597. The second-order valence-electron chi connectivity index (χ2n) is 4.82. The van der Waals surface area contributed by atoms with Crippen LogP contribution in [0, 0.1) is 9.52 Å². The van der Waals surface area contributed by atoms with Crippen molar-refractivity contribution in [3.05, 3.63) is 51.5 Å². The SMILES string of the molecule is CCNC(=O)c1ccc(F)cc1Sc1ccc2c(I)[nH]nc2c1. The van der Waals surface area contributed by atoms with Gasteiger partial charge in [-0.15, -0.1) is 0 Å². The van der Waals surface area contributed by atoms with E-state index in [4.69, 9.17) is 0 Å². The van der Waals surface area contributed by atoms with E-state index in [2.05, 4.69) is 38.1 Å². The van der Waals surface area contributed by atoms with Crippen molar-refractivity contribution in [3.8, 4) is 0 Å². The van der Waals surface area contributed by atoms with Gasteiger partial charge in [-0.1, -0.05) is 11.8 Å². The van der Waals surface area contributed by atoms with Crippen LogP contribution in [0.3, 0.4) is 0 Å². The highest BCUT2D eigenvalue weighted by molar-refractivity contribution is 14.1. The van der Waals surface area contributed by atoms with Crippen LogP contribution in [-0.2, 0) is 0 Å². The summed E-state index contributed by atoms with van der Waals surface area (Å²) >= 11 is 3.54. The first kappa shape index (κ1) is 16.3. The maximum atomic E-state index is 13.6. The van der Waals surface area contributed by atoms with Gasteiger partial charge in [0.25, 0.3) is 5.91 Å². The van der Waals surface area contributed by atoms with Gasteiger partial charge >= 0.3 is 0 Å². The van der Waals surface area contributed by atoms with Crippen LogP contribution in [-0.4, -0.2) is 22.6 Å². The maximum Gasteiger partial charge on any atom is 0.252 e. The van der Waals surface area contributed by atoms with Crippen molar-refractivity contribution in [2.75, 3.05) is 6.54 Å². The number of nitrogens with zero attached hydrogens (tertiary/aromatic N) is 1. The number of halogens is 2. The van der Waals surface area contributed by atoms with Gasteiger partial charge in [0.05, 0.1) is 11.1 Å². The Bertz CT molecular complexity index is 881.